The van der Waals surface area contributed by atoms with Crippen LogP contribution in [0.4, 0.5) is 4.79 Å². The Bertz CT molecular complexity index is 807. The van der Waals surface area contributed by atoms with Gasteiger partial charge >= 0.3 is 18.1 Å². The van der Waals surface area contributed by atoms with Crippen LogP contribution in [0.5, 0.6) is 11.5 Å². The molecule has 0 saturated carbocycles. The van der Waals surface area contributed by atoms with Gasteiger partial charge in [-0.3, -0.25) is 4.79 Å². The SMILES string of the molecule is COC(=O)Oc1c(CC=C(C)CCC(=O)O)c(OC)c(C)c2c1C(=O)OC2. The van der Waals surface area contributed by atoms with Crippen LogP contribution in [0, 0.1) is 6.92 Å². The van der Waals surface area contributed by atoms with Crippen LogP contribution < -0.4 is 9.47 Å². The first-order valence-electron chi connectivity index (χ1n) is 8.32. The number of benzene rings is 1. The molecule has 0 spiro atoms. The molecule has 0 amide bonds. The third-order valence-electron chi connectivity index (χ3n) is 4.37. The number of esters is 1. The van der Waals surface area contributed by atoms with Gasteiger partial charge in [0.25, 0.3) is 0 Å². The molecular weight excluding hydrogens is 356 g/mol. The molecule has 1 aliphatic rings. The van der Waals surface area contributed by atoms with Crippen molar-refractivity contribution in [1.29, 1.82) is 0 Å². The Hall–Kier alpha value is -3.03. The lowest BCUT2D eigenvalue weighted by atomic mass is 9.94. The van der Waals surface area contributed by atoms with Crippen molar-refractivity contribution in [2.24, 2.45) is 0 Å². The summed E-state index contributed by atoms with van der Waals surface area (Å²) in [4.78, 5) is 34.6. The second kappa shape index (κ2) is 8.57. The first-order chi connectivity index (χ1) is 12.8. The molecule has 1 aliphatic heterocycles. The van der Waals surface area contributed by atoms with Crippen molar-refractivity contribution in [1.82, 2.24) is 0 Å². The van der Waals surface area contributed by atoms with E-state index < -0.39 is 18.1 Å². The van der Waals surface area contributed by atoms with Crippen LogP contribution in [-0.2, 0) is 27.3 Å². The van der Waals surface area contributed by atoms with Crippen LogP contribution in [0.3, 0.4) is 0 Å². The molecule has 0 aromatic heterocycles. The van der Waals surface area contributed by atoms with Crippen molar-refractivity contribution in [3.05, 3.63) is 33.9 Å². The number of fused-ring (bicyclic) bond motifs is 1. The molecule has 146 valence electrons. The molecule has 0 radical (unpaired) electrons. The van der Waals surface area contributed by atoms with Gasteiger partial charge in [0.2, 0.25) is 0 Å². The lowest BCUT2D eigenvalue weighted by Crippen LogP contribution is -2.14. The van der Waals surface area contributed by atoms with E-state index >= 15 is 0 Å². The predicted molar refractivity (Wildman–Crippen MR) is 94.2 cm³/mol. The third-order valence-corrected chi connectivity index (χ3v) is 4.37. The number of hydrogen-bond acceptors (Lipinski definition) is 7. The number of carboxylic acid groups (broad SMARTS) is 1. The Morgan fingerprint density at radius 1 is 1.22 bits per heavy atom. The molecule has 1 aromatic rings. The van der Waals surface area contributed by atoms with E-state index in [1.165, 1.54) is 14.2 Å². The average molecular weight is 378 g/mol. The van der Waals surface area contributed by atoms with Gasteiger partial charge in [-0.1, -0.05) is 11.6 Å². The van der Waals surface area contributed by atoms with Crippen molar-refractivity contribution in [3.63, 3.8) is 0 Å². The summed E-state index contributed by atoms with van der Waals surface area (Å²) in [6, 6.07) is 0. The largest absolute Gasteiger partial charge is 0.513 e. The van der Waals surface area contributed by atoms with Crippen molar-refractivity contribution in [3.8, 4) is 11.5 Å². The Kier molecular flexibility index (Phi) is 6.44. The van der Waals surface area contributed by atoms with Gasteiger partial charge in [-0.2, -0.15) is 0 Å². The van der Waals surface area contributed by atoms with Crippen molar-refractivity contribution in [2.75, 3.05) is 14.2 Å². The molecule has 0 saturated heterocycles. The summed E-state index contributed by atoms with van der Waals surface area (Å²) in [6.45, 7) is 3.68. The van der Waals surface area contributed by atoms with Crippen LogP contribution >= 0.6 is 0 Å². The van der Waals surface area contributed by atoms with E-state index in [4.69, 9.17) is 19.3 Å². The highest BCUT2D eigenvalue weighted by atomic mass is 16.7. The van der Waals surface area contributed by atoms with E-state index in [2.05, 4.69) is 4.74 Å². The van der Waals surface area contributed by atoms with Crippen LogP contribution in [0.15, 0.2) is 11.6 Å². The molecule has 1 aromatic carbocycles. The maximum atomic E-state index is 12.2. The fraction of sp³-hybridized carbons (Fsp3) is 0.421. The molecule has 1 heterocycles. The maximum absolute atomic E-state index is 12.2. The van der Waals surface area contributed by atoms with E-state index in [9.17, 15) is 14.4 Å². The highest BCUT2D eigenvalue weighted by molar-refractivity contribution is 5.98. The molecule has 27 heavy (non-hydrogen) atoms. The molecule has 8 heteroatoms. The summed E-state index contributed by atoms with van der Waals surface area (Å²) in [7, 11) is 2.65. The zero-order chi connectivity index (χ0) is 20.1. The number of methoxy groups -OCH3 is 2. The number of hydrogen-bond donors (Lipinski definition) is 1. The molecule has 0 fully saturated rings. The minimum absolute atomic E-state index is 0.0144. The van der Waals surface area contributed by atoms with Crippen molar-refractivity contribution >= 4 is 18.1 Å². The summed E-state index contributed by atoms with van der Waals surface area (Å²) in [5.41, 5.74) is 2.86. The highest BCUT2D eigenvalue weighted by Crippen LogP contribution is 2.43. The quantitative estimate of drug-likeness (QED) is 0.438. The molecule has 0 unspecified atom stereocenters. The number of carbonyl (C=O) groups excluding carboxylic acids is 2. The van der Waals surface area contributed by atoms with Crippen LogP contribution in [-0.4, -0.2) is 37.4 Å². The number of allylic oxidation sites excluding steroid dienone is 2. The Morgan fingerprint density at radius 3 is 2.52 bits per heavy atom. The van der Waals surface area contributed by atoms with Crippen molar-refractivity contribution < 1.29 is 38.4 Å². The van der Waals surface area contributed by atoms with Crippen LogP contribution in [0.1, 0.15) is 46.8 Å². The first-order valence-corrected chi connectivity index (χ1v) is 8.32. The number of aliphatic carboxylic acids is 1. The standard InChI is InChI=1S/C19H22O8/c1-10(6-8-14(20)21)5-7-12-16(24-3)11(2)13-9-26-18(22)15(13)17(12)27-19(23)25-4/h5H,6-9H2,1-4H3,(H,20,21). The smallest absolute Gasteiger partial charge is 0.496 e. The average Bonchev–Trinajstić information content (AvgIpc) is 3.02. The number of carboxylic acids is 1. The highest BCUT2D eigenvalue weighted by Gasteiger charge is 2.34. The van der Waals surface area contributed by atoms with E-state index in [0.29, 0.717) is 23.3 Å². The Balaban J connectivity index is 2.53. The third kappa shape index (κ3) is 4.39. The van der Waals surface area contributed by atoms with Gasteiger partial charge in [0.1, 0.15) is 17.9 Å². The monoisotopic (exact) mass is 378 g/mol. The van der Waals surface area contributed by atoms with E-state index in [0.717, 1.165) is 11.1 Å². The molecule has 8 nitrogen and oxygen atoms in total. The molecule has 0 aliphatic carbocycles. The summed E-state index contributed by atoms with van der Waals surface area (Å²) >= 11 is 0. The minimum atomic E-state index is -0.962. The fourth-order valence-electron chi connectivity index (χ4n) is 2.93. The van der Waals surface area contributed by atoms with E-state index in [-0.39, 0.29) is 30.8 Å². The Morgan fingerprint density at radius 2 is 1.93 bits per heavy atom. The lowest BCUT2D eigenvalue weighted by Gasteiger charge is -2.18. The Labute approximate surface area is 156 Å². The topological polar surface area (TPSA) is 108 Å². The number of cyclic esters (lactones) is 1. The zero-order valence-corrected chi connectivity index (χ0v) is 15.7. The summed E-state index contributed by atoms with van der Waals surface area (Å²) < 4.78 is 20.4. The van der Waals surface area contributed by atoms with Gasteiger partial charge in [-0.15, -0.1) is 0 Å². The molecule has 1 N–H and O–H groups in total. The summed E-state index contributed by atoms with van der Waals surface area (Å²) in [6.07, 6.45) is 1.53. The van der Waals surface area contributed by atoms with Gasteiger partial charge in [-0.05, 0) is 32.3 Å². The predicted octanol–water partition coefficient (Wildman–Crippen LogP) is 3.17. The summed E-state index contributed by atoms with van der Waals surface area (Å²) in [5, 5.41) is 8.80. The van der Waals surface area contributed by atoms with E-state index in [1.807, 2.05) is 13.0 Å². The lowest BCUT2D eigenvalue weighted by molar-refractivity contribution is -0.136. The summed E-state index contributed by atoms with van der Waals surface area (Å²) in [5.74, 6) is -0.939. The second-order valence-electron chi connectivity index (χ2n) is 6.10. The van der Waals surface area contributed by atoms with Gasteiger partial charge in [0.05, 0.1) is 14.2 Å². The molecule has 2 rings (SSSR count). The number of ether oxygens (including phenoxy) is 4. The number of carbonyl (C=O) groups is 3. The maximum Gasteiger partial charge on any atom is 0.513 e. The van der Waals surface area contributed by atoms with Gasteiger partial charge in [0.15, 0.2) is 5.75 Å². The normalized spacial score (nSPS) is 13.0. The fourth-order valence-corrected chi connectivity index (χ4v) is 2.93. The first kappa shape index (κ1) is 20.3. The van der Waals surface area contributed by atoms with Gasteiger partial charge in [0, 0.05) is 17.5 Å². The van der Waals surface area contributed by atoms with Gasteiger partial charge < -0.3 is 24.1 Å². The molecule has 0 atom stereocenters. The molecular formula is C19H22O8. The van der Waals surface area contributed by atoms with Crippen LogP contribution in [0.2, 0.25) is 0 Å². The second-order valence-corrected chi connectivity index (χ2v) is 6.10. The van der Waals surface area contributed by atoms with Crippen molar-refractivity contribution in [2.45, 2.75) is 39.7 Å². The van der Waals surface area contributed by atoms with E-state index in [1.54, 1.807) is 6.92 Å². The zero-order valence-electron chi connectivity index (χ0n) is 15.7. The van der Waals surface area contributed by atoms with Gasteiger partial charge in [-0.25, -0.2) is 9.59 Å². The molecule has 0 bridgehead atoms. The van der Waals surface area contributed by atoms with Crippen LogP contribution in [0.25, 0.3) is 0 Å². The number of rotatable bonds is 7. The minimum Gasteiger partial charge on any atom is -0.496 e.